The van der Waals surface area contributed by atoms with Gasteiger partial charge >= 0.3 is 0 Å². The van der Waals surface area contributed by atoms with E-state index < -0.39 is 5.60 Å². The van der Waals surface area contributed by atoms with E-state index in [0.717, 1.165) is 25.7 Å². The van der Waals surface area contributed by atoms with Crippen LogP contribution in [0.4, 0.5) is 0 Å². The van der Waals surface area contributed by atoms with Crippen molar-refractivity contribution in [2.24, 2.45) is 0 Å². The summed E-state index contributed by atoms with van der Waals surface area (Å²) in [6.07, 6.45) is 3.45. The summed E-state index contributed by atoms with van der Waals surface area (Å²) >= 11 is 2.30. The quantitative estimate of drug-likeness (QED) is 0.852. The van der Waals surface area contributed by atoms with Crippen LogP contribution in [0, 0.1) is 3.57 Å². The largest absolute Gasteiger partial charge is 0.389 e. The zero-order chi connectivity index (χ0) is 12.3. The second kappa shape index (κ2) is 5.67. The Morgan fingerprint density at radius 1 is 1.41 bits per heavy atom. The SMILES string of the molecule is CCC1CC(O)(Cc2ccc(I)cc2)CCO1. The summed E-state index contributed by atoms with van der Waals surface area (Å²) in [6, 6.07) is 8.40. The number of aliphatic hydroxyl groups is 1. The van der Waals surface area contributed by atoms with Crippen molar-refractivity contribution in [2.75, 3.05) is 6.61 Å². The molecule has 1 saturated heterocycles. The number of benzene rings is 1. The van der Waals surface area contributed by atoms with Crippen molar-refractivity contribution >= 4 is 22.6 Å². The molecule has 2 rings (SSSR count). The molecule has 1 aromatic rings. The van der Waals surface area contributed by atoms with Gasteiger partial charge in [0.05, 0.1) is 11.7 Å². The highest BCUT2D eigenvalue weighted by molar-refractivity contribution is 14.1. The Hall–Kier alpha value is -0.130. The molecule has 0 saturated carbocycles. The zero-order valence-electron chi connectivity index (χ0n) is 10.2. The molecular formula is C14H19IO2. The minimum Gasteiger partial charge on any atom is -0.389 e. The molecule has 1 aliphatic rings. The third-order valence-electron chi connectivity index (χ3n) is 3.43. The lowest BCUT2D eigenvalue weighted by Gasteiger charge is -2.36. The molecular weight excluding hydrogens is 327 g/mol. The average Bonchev–Trinajstić information content (AvgIpc) is 2.32. The predicted octanol–water partition coefficient (Wildman–Crippen LogP) is 3.15. The molecule has 1 aromatic carbocycles. The van der Waals surface area contributed by atoms with Crippen molar-refractivity contribution in [3.63, 3.8) is 0 Å². The van der Waals surface area contributed by atoms with E-state index >= 15 is 0 Å². The summed E-state index contributed by atoms with van der Waals surface area (Å²) in [5.74, 6) is 0. The summed E-state index contributed by atoms with van der Waals surface area (Å²) in [4.78, 5) is 0. The number of hydrogen-bond donors (Lipinski definition) is 1. The molecule has 1 heterocycles. The van der Waals surface area contributed by atoms with Crippen molar-refractivity contribution in [1.82, 2.24) is 0 Å². The van der Waals surface area contributed by atoms with E-state index in [2.05, 4.69) is 53.8 Å². The van der Waals surface area contributed by atoms with E-state index in [1.165, 1.54) is 9.13 Å². The topological polar surface area (TPSA) is 29.5 Å². The van der Waals surface area contributed by atoms with Gasteiger partial charge in [0.1, 0.15) is 0 Å². The van der Waals surface area contributed by atoms with Crippen LogP contribution in [-0.2, 0) is 11.2 Å². The molecule has 17 heavy (non-hydrogen) atoms. The van der Waals surface area contributed by atoms with Gasteiger partial charge in [-0.1, -0.05) is 19.1 Å². The van der Waals surface area contributed by atoms with Crippen LogP contribution < -0.4 is 0 Å². The van der Waals surface area contributed by atoms with Crippen molar-refractivity contribution in [3.05, 3.63) is 33.4 Å². The van der Waals surface area contributed by atoms with Gasteiger partial charge in [-0.2, -0.15) is 0 Å². The van der Waals surface area contributed by atoms with Crippen molar-refractivity contribution in [3.8, 4) is 0 Å². The maximum atomic E-state index is 10.6. The number of hydrogen-bond acceptors (Lipinski definition) is 2. The number of halogens is 1. The molecule has 0 bridgehead atoms. The lowest BCUT2D eigenvalue weighted by molar-refractivity contribution is -0.103. The number of rotatable bonds is 3. The Morgan fingerprint density at radius 3 is 2.76 bits per heavy atom. The smallest absolute Gasteiger partial charge is 0.0734 e. The Labute approximate surface area is 117 Å². The molecule has 1 N–H and O–H groups in total. The highest BCUT2D eigenvalue weighted by Gasteiger charge is 2.34. The first-order valence-corrected chi connectivity index (χ1v) is 7.27. The van der Waals surface area contributed by atoms with Gasteiger partial charge in [0, 0.05) is 23.0 Å². The highest BCUT2D eigenvalue weighted by atomic mass is 127. The van der Waals surface area contributed by atoms with Crippen molar-refractivity contribution < 1.29 is 9.84 Å². The van der Waals surface area contributed by atoms with Gasteiger partial charge in [-0.25, -0.2) is 0 Å². The van der Waals surface area contributed by atoms with Gasteiger partial charge in [-0.15, -0.1) is 0 Å². The summed E-state index contributed by atoms with van der Waals surface area (Å²) < 4.78 is 6.85. The number of ether oxygens (including phenoxy) is 1. The molecule has 0 amide bonds. The standard InChI is InChI=1S/C14H19IO2/c1-2-13-10-14(16,7-8-17-13)9-11-3-5-12(15)6-4-11/h3-6,13,16H,2,7-10H2,1H3. The van der Waals surface area contributed by atoms with E-state index in [1.54, 1.807) is 0 Å². The zero-order valence-corrected chi connectivity index (χ0v) is 12.3. The Bertz CT molecular complexity index is 363. The van der Waals surface area contributed by atoms with Crippen LogP contribution in [0.2, 0.25) is 0 Å². The molecule has 1 fully saturated rings. The summed E-state index contributed by atoms with van der Waals surface area (Å²) in [6.45, 7) is 2.79. The van der Waals surface area contributed by atoms with Crippen LogP contribution in [0.15, 0.2) is 24.3 Å². The highest BCUT2D eigenvalue weighted by Crippen LogP contribution is 2.29. The average molecular weight is 346 g/mol. The predicted molar refractivity (Wildman–Crippen MR) is 77.1 cm³/mol. The van der Waals surface area contributed by atoms with E-state index in [-0.39, 0.29) is 6.10 Å². The monoisotopic (exact) mass is 346 g/mol. The maximum absolute atomic E-state index is 10.6. The lowest BCUT2D eigenvalue weighted by Crippen LogP contribution is -2.42. The molecule has 1 aliphatic heterocycles. The van der Waals surface area contributed by atoms with Gasteiger partial charge in [-0.05, 0) is 53.1 Å². The first-order chi connectivity index (χ1) is 8.11. The molecule has 2 nitrogen and oxygen atoms in total. The van der Waals surface area contributed by atoms with Crippen LogP contribution in [-0.4, -0.2) is 23.4 Å². The lowest BCUT2D eigenvalue weighted by atomic mass is 9.84. The first-order valence-electron chi connectivity index (χ1n) is 6.20. The summed E-state index contributed by atoms with van der Waals surface area (Å²) in [5.41, 5.74) is 0.635. The molecule has 0 aliphatic carbocycles. The fourth-order valence-corrected chi connectivity index (χ4v) is 2.76. The third-order valence-corrected chi connectivity index (χ3v) is 4.15. The van der Waals surface area contributed by atoms with Crippen LogP contribution in [0.3, 0.4) is 0 Å². The van der Waals surface area contributed by atoms with Gasteiger partial charge in [0.2, 0.25) is 0 Å². The molecule has 0 radical (unpaired) electrons. The first kappa shape index (κ1) is 13.3. The fraction of sp³-hybridized carbons (Fsp3) is 0.571. The van der Waals surface area contributed by atoms with E-state index in [4.69, 9.17) is 4.74 Å². The van der Waals surface area contributed by atoms with E-state index in [9.17, 15) is 5.11 Å². The van der Waals surface area contributed by atoms with Crippen LogP contribution in [0.5, 0.6) is 0 Å². The molecule has 94 valence electrons. The Morgan fingerprint density at radius 2 is 2.12 bits per heavy atom. The minimum atomic E-state index is -0.578. The van der Waals surface area contributed by atoms with Crippen LogP contribution in [0.25, 0.3) is 0 Å². The van der Waals surface area contributed by atoms with E-state index in [1.807, 2.05) is 0 Å². The summed E-state index contributed by atoms with van der Waals surface area (Å²) in [5, 5.41) is 10.6. The molecule has 2 atom stereocenters. The van der Waals surface area contributed by atoms with Crippen molar-refractivity contribution in [2.45, 2.75) is 44.3 Å². The van der Waals surface area contributed by atoms with Gasteiger partial charge in [0.15, 0.2) is 0 Å². The minimum absolute atomic E-state index is 0.220. The fourth-order valence-electron chi connectivity index (χ4n) is 2.41. The van der Waals surface area contributed by atoms with Gasteiger partial charge in [0.25, 0.3) is 0 Å². The third kappa shape index (κ3) is 3.66. The molecule has 2 unspecified atom stereocenters. The molecule has 3 heteroatoms. The van der Waals surface area contributed by atoms with Crippen LogP contribution >= 0.6 is 22.6 Å². The summed E-state index contributed by atoms with van der Waals surface area (Å²) in [7, 11) is 0. The normalized spacial score (nSPS) is 29.2. The van der Waals surface area contributed by atoms with Crippen molar-refractivity contribution in [1.29, 1.82) is 0 Å². The molecule has 0 spiro atoms. The molecule has 0 aromatic heterocycles. The Balaban J connectivity index is 2.03. The Kier molecular flexibility index (Phi) is 4.44. The van der Waals surface area contributed by atoms with E-state index in [0.29, 0.717) is 6.61 Å². The second-order valence-corrected chi connectivity index (χ2v) is 6.13. The maximum Gasteiger partial charge on any atom is 0.0734 e. The second-order valence-electron chi connectivity index (χ2n) is 4.88. The van der Waals surface area contributed by atoms with Gasteiger partial charge in [-0.3, -0.25) is 0 Å². The van der Waals surface area contributed by atoms with Crippen LogP contribution in [0.1, 0.15) is 31.7 Å². The van der Waals surface area contributed by atoms with Gasteiger partial charge < -0.3 is 9.84 Å².